The topological polar surface area (TPSA) is 74.5 Å². The van der Waals surface area contributed by atoms with Crippen molar-refractivity contribution in [1.29, 1.82) is 0 Å². The van der Waals surface area contributed by atoms with Crippen molar-refractivity contribution in [2.75, 3.05) is 37.6 Å². The van der Waals surface area contributed by atoms with Gasteiger partial charge in [0.15, 0.2) is 0 Å². The Labute approximate surface area is 227 Å². The van der Waals surface area contributed by atoms with Crippen molar-refractivity contribution in [2.24, 2.45) is 11.7 Å². The van der Waals surface area contributed by atoms with Crippen molar-refractivity contribution in [3.63, 3.8) is 0 Å². The summed E-state index contributed by atoms with van der Waals surface area (Å²) in [5.41, 5.74) is 8.96. The van der Waals surface area contributed by atoms with E-state index in [1.54, 1.807) is 18.3 Å². The van der Waals surface area contributed by atoms with E-state index in [-0.39, 0.29) is 18.5 Å². The summed E-state index contributed by atoms with van der Waals surface area (Å²) in [6.07, 6.45) is -0.0476. The number of nitrogens with two attached hydrogens (primary N) is 1. The number of hydrogen-bond acceptors (Lipinski definition) is 5. The smallest absolute Gasteiger partial charge is 0.369 e. The van der Waals surface area contributed by atoms with Crippen LogP contribution in [0.4, 0.5) is 18.9 Å². The fourth-order valence-electron chi connectivity index (χ4n) is 5.10. The SMILES string of the molecule is C[C@@H](NC(=O)c1cc(N2CCN(CC3CC3)CC2)ccn1)c1ccc(-c2cc(C(F)(F)F)ccc2CN)cc1. The third kappa shape index (κ3) is 6.59. The lowest BCUT2D eigenvalue weighted by Gasteiger charge is -2.36. The number of rotatable bonds is 8. The largest absolute Gasteiger partial charge is 0.416 e. The minimum Gasteiger partial charge on any atom is -0.369 e. The highest BCUT2D eigenvalue weighted by Gasteiger charge is 2.31. The molecule has 3 N–H and O–H groups in total. The average Bonchev–Trinajstić information content (AvgIpc) is 3.77. The van der Waals surface area contributed by atoms with Gasteiger partial charge in [0.05, 0.1) is 11.6 Å². The Hall–Kier alpha value is -3.43. The second-order valence-corrected chi connectivity index (χ2v) is 10.5. The normalized spacial score (nSPS) is 17.2. The maximum absolute atomic E-state index is 13.3. The number of alkyl halides is 3. The van der Waals surface area contributed by atoms with Crippen LogP contribution in [0.1, 0.15) is 53.0 Å². The lowest BCUT2D eigenvalue weighted by atomic mass is 9.95. The molecule has 5 rings (SSSR count). The molecule has 0 spiro atoms. The third-order valence-corrected chi connectivity index (χ3v) is 7.65. The number of nitrogens with one attached hydrogen (secondary N) is 1. The van der Waals surface area contributed by atoms with Crippen molar-refractivity contribution in [2.45, 2.75) is 38.5 Å². The van der Waals surface area contributed by atoms with Gasteiger partial charge in [-0.25, -0.2) is 0 Å². The Balaban J connectivity index is 1.23. The molecule has 39 heavy (non-hydrogen) atoms. The summed E-state index contributed by atoms with van der Waals surface area (Å²) in [4.78, 5) is 22.1. The van der Waals surface area contributed by atoms with Gasteiger partial charge in [-0.05, 0) is 72.2 Å². The molecule has 1 amide bonds. The number of halogens is 3. The Kier molecular flexibility index (Phi) is 7.91. The van der Waals surface area contributed by atoms with Crippen LogP contribution in [0, 0.1) is 5.92 Å². The second-order valence-electron chi connectivity index (χ2n) is 10.5. The molecule has 1 saturated heterocycles. The molecule has 206 valence electrons. The van der Waals surface area contributed by atoms with Gasteiger partial charge in [0.1, 0.15) is 5.69 Å². The van der Waals surface area contributed by atoms with Gasteiger partial charge in [-0.15, -0.1) is 0 Å². The van der Waals surface area contributed by atoms with E-state index in [9.17, 15) is 18.0 Å². The minimum absolute atomic E-state index is 0.129. The summed E-state index contributed by atoms with van der Waals surface area (Å²) >= 11 is 0. The number of pyridine rings is 1. The van der Waals surface area contributed by atoms with Gasteiger partial charge in [0.25, 0.3) is 5.91 Å². The number of carbonyl (C=O) groups is 1. The molecule has 0 unspecified atom stereocenters. The average molecular weight is 538 g/mol. The van der Waals surface area contributed by atoms with Crippen molar-refractivity contribution in [3.05, 3.63) is 83.2 Å². The van der Waals surface area contributed by atoms with Crippen molar-refractivity contribution < 1.29 is 18.0 Å². The van der Waals surface area contributed by atoms with E-state index >= 15 is 0 Å². The number of hydrogen-bond donors (Lipinski definition) is 2. The predicted molar refractivity (Wildman–Crippen MR) is 146 cm³/mol. The van der Waals surface area contributed by atoms with Crippen molar-refractivity contribution in [1.82, 2.24) is 15.2 Å². The highest BCUT2D eigenvalue weighted by Crippen LogP contribution is 2.34. The number of benzene rings is 2. The van der Waals surface area contributed by atoms with Gasteiger partial charge in [0.2, 0.25) is 0 Å². The molecular formula is C30H34F3N5O. The van der Waals surface area contributed by atoms with Gasteiger partial charge in [0, 0.05) is 51.2 Å². The molecule has 2 aliphatic rings. The van der Waals surface area contributed by atoms with Crippen molar-refractivity contribution in [3.8, 4) is 11.1 Å². The van der Waals surface area contributed by atoms with Gasteiger partial charge in [-0.2, -0.15) is 13.2 Å². The lowest BCUT2D eigenvalue weighted by molar-refractivity contribution is -0.137. The summed E-state index contributed by atoms with van der Waals surface area (Å²) in [7, 11) is 0. The van der Waals surface area contributed by atoms with E-state index in [4.69, 9.17) is 5.73 Å². The summed E-state index contributed by atoms with van der Waals surface area (Å²) in [5.74, 6) is 0.610. The van der Waals surface area contributed by atoms with E-state index in [0.29, 0.717) is 22.4 Å². The fourth-order valence-corrected chi connectivity index (χ4v) is 5.10. The number of carbonyl (C=O) groups excluding carboxylic acids is 1. The molecule has 1 aliphatic carbocycles. The Morgan fingerprint density at radius 3 is 2.41 bits per heavy atom. The molecule has 1 aliphatic heterocycles. The molecule has 2 fully saturated rings. The summed E-state index contributed by atoms with van der Waals surface area (Å²) < 4.78 is 39.8. The molecule has 1 saturated carbocycles. The van der Waals surface area contributed by atoms with Crippen LogP contribution in [-0.2, 0) is 12.7 Å². The number of amides is 1. The van der Waals surface area contributed by atoms with Crippen LogP contribution in [0.3, 0.4) is 0 Å². The molecule has 2 aromatic carbocycles. The Morgan fingerprint density at radius 1 is 1.05 bits per heavy atom. The highest BCUT2D eigenvalue weighted by atomic mass is 19.4. The molecule has 6 nitrogen and oxygen atoms in total. The van der Waals surface area contributed by atoms with E-state index < -0.39 is 11.7 Å². The fraction of sp³-hybridized carbons (Fsp3) is 0.400. The number of nitrogens with zero attached hydrogens (tertiary/aromatic N) is 3. The zero-order valence-electron chi connectivity index (χ0n) is 22.0. The first-order valence-electron chi connectivity index (χ1n) is 13.5. The molecule has 1 atom stereocenters. The molecule has 9 heteroatoms. The van der Waals surface area contributed by atoms with Gasteiger partial charge in [-0.3, -0.25) is 14.7 Å². The molecule has 3 aromatic rings. The summed E-state index contributed by atoms with van der Waals surface area (Å²) in [6, 6.07) is 14.2. The van der Waals surface area contributed by atoms with Crippen LogP contribution in [0.2, 0.25) is 0 Å². The molecule has 0 radical (unpaired) electrons. The second kappa shape index (κ2) is 11.4. The molecule has 2 heterocycles. The summed E-state index contributed by atoms with van der Waals surface area (Å²) in [6.45, 7) is 7.11. The van der Waals surface area contributed by atoms with Crippen LogP contribution >= 0.6 is 0 Å². The predicted octanol–water partition coefficient (Wildman–Crippen LogP) is 5.25. The van der Waals surface area contributed by atoms with E-state index in [0.717, 1.165) is 55.5 Å². The Bertz CT molecular complexity index is 1300. The minimum atomic E-state index is -4.43. The first-order chi connectivity index (χ1) is 18.7. The maximum atomic E-state index is 13.3. The standard InChI is InChI=1S/C30H34F3N5O/c1-20(22-4-6-23(7-5-22)27-16-25(30(31,32)33)9-8-24(27)18-34)36-29(39)28-17-26(10-11-35-28)38-14-12-37(13-15-38)19-21-2-3-21/h4-11,16-17,20-21H,2-3,12-15,18-19,34H2,1H3,(H,36,39)/t20-/m1/s1. The first-order valence-corrected chi connectivity index (χ1v) is 13.5. The number of aromatic nitrogens is 1. The first kappa shape index (κ1) is 27.1. The van der Waals surface area contributed by atoms with Gasteiger partial charge >= 0.3 is 6.18 Å². The van der Waals surface area contributed by atoms with Crippen LogP contribution in [0.5, 0.6) is 0 Å². The van der Waals surface area contributed by atoms with Crippen molar-refractivity contribution >= 4 is 11.6 Å². The summed E-state index contributed by atoms with van der Waals surface area (Å²) in [5, 5.41) is 2.99. The van der Waals surface area contributed by atoms with E-state index in [1.807, 2.05) is 31.2 Å². The molecule has 1 aromatic heterocycles. The maximum Gasteiger partial charge on any atom is 0.416 e. The van der Waals surface area contributed by atoms with Crippen LogP contribution in [0.25, 0.3) is 11.1 Å². The third-order valence-electron chi connectivity index (χ3n) is 7.65. The molecular weight excluding hydrogens is 503 g/mol. The quantitative estimate of drug-likeness (QED) is 0.411. The zero-order chi connectivity index (χ0) is 27.6. The van der Waals surface area contributed by atoms with Gasteiger partial charge < -0.3 is 16.0 Å². The van der Waals surface area contributed by atoms with Crippen LogP contribution in [-0.4, -0.2) is 48.5 Å². The molecule has 0 bridgehead atoms. The number of piperazine rings is 1. The highest BCUT2D eigenvalue weighted by molar-refractivity contribution is 5.93. The van der Waals surface area contributed by atoms with E-state index in [1.165, 1.54) is 25.5 Å². The zero-order valence-corrected chi connectivity index (χ0v) is 22.0. The number of anilines is 1. The monoisotopic (exact) mass is 537 g/mol. The Morgan fingerprint density at radius 2 is 1.77 bits per heavy atom. The van der Waals surface area contributed by atoms with Crippen LogP contribution in [0.15, 0.2) is 60.8 Å². The van der Waals surface area contributed by atoms with Gasteiger partial charge in [-0.1, -0.05) is 30.3 Å². The van der Waals surface area contributed by atoms with E-state index in [2.05, 4.69) is 20.1 Å². The van der Waals surface area contributed by atoms with Crippen LogP contribution < -0.4 is 16.0 Å². The lowest BCUT2D eigenvalue weighted by Crippen LogP contribution is -2.47.